The van der Waals surface area contributed by atoms with Gasteiger partial charge in [-0.2, -0.15) is 0 Å². The van der Waals surface area contributed by atoms with Crippen LogP contribution in [0.25, 0.3) is 0 Å². The fraction of sp³-hybridized carbons (Fsp3) is 0.0909. The molecule has 0 aliphatic rings. The van der Waals surface area contributed by atoms with E-state index in [2.05, 4.69) is 14.7 Å². The summed E-state index contributed by atoms with van der Waals surface area (Å²) in [4.78, 5) is 7.49. The molecule has 0 saturated carbocycles. The highest BCUT2D eigenvalue weighted by Crippen LogP contribution is 2.23. The van der Waals surface area contributed by atoms with Crippen molar-refractivity contribution in [3.8, 4) is 5.88 Å². The Balaban J connectivity index is 2.27. The highest BCUT2D eigenvalue weighted by Gasteiger charge is 2.16. The van der Waals surface area contributed by atoms with Crippen LogP contribution < -0.4 is 9.46 Å². The highest BCUT2D eigenvalue weighted by molar-refractivity contribution is 7.92. The molecule has 0 amide bonds. The van der Waals surface area contributed by atoms with Gasteiger partial charge in [-0.3, -0.25) is 4.72 Å². The van der Waals surface area contributed by atoms with Crippen molar-refractivity contribution in [1.29, 1.82) is 0 Å². The minimum Gasteiger partial charge on any atom is -0.481 e. The molecule has 106 valence electrons. The molecular formula is C11H9Cl2N3O3S. The molecule has 0 radical (unpaired) electrons. The predicted molar refractivity (Wildman–Crippen MR) is 75.9 cm³/mol. The van der Waals surface area contributed by atoms with E-state index < -0.39 is 10.0 Å². The van der Waals surface area contributed by atoms with Crippen molar-refractivity contribution in [2.24, 2.45) is 0 Å². The summed E-state index contributed by atoms with van der Waals surface area (Å²) in [6, 6.07) is 4.27. The Morgan fingerprint density at radius 2 is 1.95 bits per heavy atom. The molecule has 0 atom stereocenters. The van der Waals surface area contributed by atoms with E-state index in [0.29, 0.717) is 5.88 Å². The van der Waals surface area contributed by atoms with Crippen LogP contribution in [0.4, 0.5) is 5.69 Å². The first-order valence-electron chi connectivity index (χ1n) is 5.26. The molecule has 1 N–H and O–H groups in total. The number of hydrogen-bond acceptors (Lipinski definition) is 5. The molecule has 0 saturated heterocycles. The van der Waals surface area contributed by atoms with E-state index in [1.165, 1.54) is 31.5 Å². The second-order valence-corrected chi connectivity index (χ2v) is 6.09. The molecule has 0 bridgehead atoms. The van der Waals surface area contributed by atoms with Crippen LogP contribution >= 0.6 is 23.2 Å². The number of halogens is 2. The molecule has 0 fully saturated rings. The van der Waals surface area contributed by atoms with Crippen molar-refractivity contribution in [2.75, 3.05) is 11.8 Å². The maximum Gasteiger partial charge on any atom is 0.263 e. The van der Waals surface area contributed by atoms with Crippen LogP contribution in [-0.4, -0.2) is 25.5 Å². The van der Waals surface area contributed by atoms with Gasteiger partial charge >= 0.3 is 0 Å². The number of methoxy groups -OCH3 is 1. The Bertz CT molecular complexity index is 720. The van der Waals surface area contributed by atoms with E-state index in [0.717, 1.165) is 6.20 Å². The molecule has 0 unspecified atom stereocenters. The molecule has 0 aromatic carbocycles. The van der Waals surface area contributed by atoms with Gasteiger partial charge in [0.1, 0.15) is 10.0 Å². The highest BCUT2D eigenvalue weighted by atomic mass is 35.5. The number of anilines is 1. The smallest absolute Gasteiger partial charge is 0.263 e. The minimum atomic E-state index is -3.81. The molecule has 2 aromatic rings. The normalized spacial score (nSPS) is 11.2. The molecule has 0 aliphatic carbocycles. The van der Waals surface area contributed by atoms with E-state index in [-0.39, 0.29) is 20.8 Å². The third-order valence-corrected chi connectivity index (χ3v) is 4.31. The first-order valence-corrected chi connectivity index (χ1v) is 7.50. The first-order chi connectivity index (χ1) is 9.42. The van der Waals surface area contributed by atoms with Crippen LogP contribution in [0.1, 0.15) is 0 Å². The lowest BCUT2D eigenvalue weighted by Gasteiger charge is -2.08. The summed E-state index contributed by atoms with van der Waals surface area (Å²) in [6.45, 7) is 0. The van der Waals surface area contributed by atoms with Crippen LogP contribution in [0.3, 0.4) is 0 Å². The van der Waals surface area contributed by atoms with Gasteiger partial charge in [0, 0.05) is 12.3 Å². The van der Waals surface area contributed by atoms with E-state index in [9.17, 15) is 8.42 Å². The van der Waals surface area contributed by atoms with E-state index >= 15 is 0 Å². The summed E-state index contributed by atoms with van der Waals surface area (Å²) in [5.74, 6) is 0.379. The number of nitrogens with zero attached hydrogens (tertiary/aromatic N) is 2. The largest absolute Gasteiger partial charge is 0.481 e. The summed E-state index contributed by atoms with van der Waals surface area (Å²) < 4.78 is 31.4. The maximum absolute atomic E-state index is 12.1. The Hall–Kier alpha value is -1.57. The third-order valence-electron chi connectivity index (χ3n) is 2.28. The van der Waals surface area contributed by atoms with Gasteiger partial charge in [0.25, 0.3) is 10.0 Å². The molecule has 2 aromatic heterocycles. The van der Waals surface area contributed by atoms with Crippen molar-refractivity contribution in [2.45, 2.75) is 4.90 Å². The summed E-state index contributed by atoms with van der Waals surface area (Å²) in [5.41, 5.74) is 0.289. The van der Waals surface area contributed by atoms with Crippen molar-refractivity contribution in [3.05, 3.63) is 40.8 Å². The van der Waals surface area contributed by atoms with Crippen LogP contribution in [-0.2, 0) is 10.0 Å². The Labute approximate surface area is 125 Å². The standard InChI is InChI=1S/C11H9Cl2N3O3S/c1-19-10-3-2-7(5-14-10)16-20(17,18)8-4-9(12)11(13)15-6-8/h2-6,16H,1H3. The number of ether oxygens (including phenoxy) is 1. The quantitative estimate of drug-likeness (QED) is 0.869. The van der Waals surface area contributed by atoms with Gasteiger partial charge in [0.15, 0.2) is 0 Å². The van der Waals surface area contributed by atoms with E-state index in [4.69, 9.17) is 27.9 Å². The topological polar surface area (TPSA) is 81.2 Å². The van der Waals surface area contributed by atoms with Crippen molar-refractivity contribution in [3.63, 3.8) is 0 Å². The second kappa shape index (κ2) is 5.82. The monoisotopic (exact) mass is 333 g/mol. The van der Waals surface area contributed by atoms with Gasteiger partial charge in [0.05, 0.1) is 24.0 Å². The number of pyridine rings is 2. The molecule has 0 aliphatic heterocycles. The van der Waals surface area contributed by atoms with Crippen LogP contribution in [0, 0.1) is 0 Å². The molecule has 9 heteroatoms. The van der Waals surface area contributed by atoms with Gasteiger partial charge in [0.2, 0.25) is 5.88 Å². The number of hydrogen-bond donors (Lipinski definition) is 1. The lowest BCUT2D eigenvalue weighted by Crippen LogP contribution is -2.13. The molecule has 6 nitrogen and oxygen atoms in total. The molecule has 2 rings (SSSR count). The summed E-state index contributed by atoms with van der Waals surface area (Å²) >= 11 is 11.4. The lowest BCUT2D eigenvalue weighted by atomic mass is 10.4. The number of aromatic nitrogens is 2. The van der Waals surface area contributed by atoms with Crippen molar-refractivity contribution >= 4 is 38.9 Å². The average Bonchev–Trinajstić information content (AvgIpc) is 2.42. The summed E-state index contributed by atoms with van der Waals surface area (Å²) in [5, 5.41) is 0.0964. The fourth-order valence-corrected chi connectivity index (χ4v) is 2.67. The van der Waals surface area contributed by atoms with Gasteiger partial charge < -0.3 is 4.74 Å². The van der Waals surface area contributed by atoms with E-state index in [1.54, 1.807) is 0 Å². The Kier molecular flexibility index (Phi) is 4.32. The Morgan fingerprint density at radius 3 is 2.50 bits per heavy atom. The van der Waals surface area contributed by atoms with Crippen LogP contribution in [0.2, 0.25) is 10.2 Å². The molecular weight excluding hydrogens is 325 g/mol. The fourth-order valence-electron chi connectivity index (χ4n) is 1.33. The number of sulfonamides is 1. The molecule has 20 heavy (non-hydrogen) atoms. The SMILES string of the molecule is COc1ccc(NS(=O)(=O)c2cnc(Cl)c(Cl)c2)cn1. The average molecular weight is 334 g/mol. The summed E-state index contributed by atoms with van der Waals surface area (Å²) in [7, 11) is -2.34. The third kappa shape index (κ3) is 3.30. The van der Waals surface area contributed by atoms with Crippen molar-refractivity contribution in [1.82, 2.24) is 9.97 Å². The molecule has 0 spiro atoms. The number of rotatable bonds is 4. The zero-order chi connectivity index (χ0) is 14.8. The second-order valence-electron chi connectivity index (χ2n) is 3.64. The number of nitrogens with one attached hydrogen (secondary N) is 1. The Morgan fingerprint density at radius 1 is 1.20 bits per heavy atom. The van der Waals surface area contributed by atoms with Gasteiger partial charge in [-0.1, -0.05) is 23.2 Å². The zero-order valence-corrected chi connectivity index (χ0v) is 12.5. The zero-order valence-electron chi connectivity index (χ0n) is 10.2. The molecule has 2 heterocycles. The van der Waals surface area contributed by atoms with E-state index in [1.807, 2.05) is 0 Å². The lowest BCUT2D eigenvalue weighted by molar-refractivity contribution is 0.398. The van der Waals surface area contributed by atoms with Crippen LogP contribution in [0.5, 0.6) is 5.88 Å². The predicted octanol–water partition coefficient (Wildman–Crippen LogP) is 2.59. The first kappa shape index (κ1) is 14.8. The summed E-state index contributed by atoms with van der Waals surface area (Å²) in [6.07, 6.45) is 2.45. The van der Waals surface area contributed by atoms with Gasteiger partial charge in [-0.15, -0.1) is 0 Å². The van der Waals surface area contributed by atoms with Gasteiger partial charge in [-0.25, -0.2) is 18.4 Å². The maximum atomic E-state index is 12.1. The van der Waals surface area contributed by atoms with Gasteiger partial charge in [-0.05, 0) is 12.1 Å². The minimum absolute atomic E-state index is 0.0386. The van der Waals surface area contributed by atoms with Crippen molar-refractivity contribution < 1.29 is 13.2 Å². The van der Waals surface area contributed by atoms with Crippen LogP contribution in [0.15, 0.2) is 35.5 Å².